The lowest BCUT2D eigenvalue weighted by Gasteiger charge is -2.12. The third kappa shape index (κ3) is 4.66. The van der Waals surface area contributed by atoms with Crippen molar-refractivity contribution >= 4 is 17.6 Å². The Hall–Kier alpha value is -3.17. The molecule has 0 fully saturated rings. The molecule has 0 atom stereocenters. The summed E-state index contributed by atoms with van der Waals surface area (Å²) in [6.07, 6.45) is -3.10. The van der Waals surface area contributed by atoms with Gasteiger partial charge in [-0.25, -0.2) is 4.99 Å². The van der Waals surface area contributed by atoms with Gasteiger partial charge in [0.25, 0.3) is 0 Å². The van der Waals surface area contributed by atoms with Gasteiger partial charge in [0.15, 0.2) is 5.96 Å². The van der Waals surface area contributed by atoms with E-state index >= 15 is 0 Å². The summed E-state index contributed by atoms with van der Waals surface area (Å²) in [6.45, 7) is 0.00306. The molecule has 0 aliphatic rings. The third-order valence-electron chi connectivity index (χ3n) is 2.71. The van der Waals surface area contributed by atoms with E-state index in [0.717, 1.165) is 18.2 Å². The number of ether oxygens (including phenoxy) is 1. The number of rotatable bonds is 4. The van der Waals surface area contributed by atoms with E-state index in [2.05, 4.69) is 9.98 Å². The van der Waals surface area contributed by atoms with Gasteiger partial charge in [-0.1, -0.05) is 0 Å². The minimum absolute atomic E-state index is 0.00306. The van der Waals surface area contributed by atoms with Crippen LogP contribution >= 0.6 is 0 Å². The number of guanidine groups is 2. The second-order valence-corrected chi connectivity index (χ2v) is 4.55. The van der Waals surface area contributed by atoms with Crippen LogP contribution in [0.1, 0.15) is 11.3 Å². The Bertz CT molecular complexity index is 750. The average molecular weight is 341 g/mol. The molecule has 10 heteroatoms. The Balaban J connectivity index is 2.36. The molecule has 128 valence electrons. The first-order valence-corrected chi connectivity index (χ1v) is 6.56. The Kier molecular flexibility index (Phi) is 4.97. The van der Waals surface area contributed by atoms with Crippen molar-refractivity contribution in [3.05, 3.63) is 47.9 Å². The van der Waals surface area contributed by atoms with Gasteiger partial charge in [-0.2, -0.15) is 18.2 Å². The molecular weight excluding hydrogens is 327 g/mol. The summed E-state index contributed by atoms with van der Waals surface area (Å²) in [5.41, 5.74) is 14.7. The van der Waals surface area contributed by atoms with Crippen molar-refractivity contribution in [3.8, 4) is 5.75 Å². The topological polar surface area (TPSA) is 125 Å². The molecule has 0 aliphatic heterocycles. The Morgan fingerprint density at radius 3 is 2.50 bits per heavy atom. The lowest BCUT2D eigenvalue weighted by molar-refractivity contribution is -0.137. The predicted octanol–water partition coefficient (Wildman–Crippen LogP) is 2.10. The van der Waals surface area contributed by atoms with E-state index in [4.69, 9.17) is 26.4 Å². The number of benzene rings is 1. The predicted molar refractivity (Wildman–Crippen MR) is 81.6 cm³/mol. The summed E-state index contributed by atoms with van der Waals surface area (Å²) in [6, 6.07) is 6.09. The van der Waals surface area contributed by atoms with Gasteiger partial charge in [0.1, 0.15) is 23.8 Å². The average Bonchev–Trinajstić information content (AvgIpc) is 2.97. The van der Waals surface area contributed by atoms with Crippen molar-refractivity contribution in [1.29, 1.82) is 0 Å². The normalized spacial score (nSPS) is 12.0. The number of aliphatic imine (C=N–C) groups is 2. The maximum absolute atomic E-state index is 12.9. The zero-order valence-electron chi connectivity index (χ0n) is 12.2. The molecule has 1 aromatic carbocycles. The van der Waals surface area contributed by atoms with E-state index in [9.17, 15) is 13.2 Å². The fourth-order valence-electron chi connectivity index (χ4n) is 1.73. The summed E-state index contributed by atoms with van der Waals surface area (Å²) in [4.78, 5) is 7.22. The van der Waals surface area contributed by atoms with E-state index in [-0.39, 0.29) is 24.0 Å². The van der Waals surface area contributed by atoms with Gasteiger partial charge in [-0.3, -0.25) is 0 Å². The number of hydrogen-bond donors (Lipinski definition) is 3. The highest BCUT2D eigenvalue weighted by molar-refractivity contribution is 5.93. The highest BCUT2D eigenvalue weighted by atomic mass is 19.4. The minimum Gasteiger partial charge on any atom is -0.483 e. The first-order chi connectivity index (χ1) is 11.3. The molecule has 1 heterocycles. The Morgan fingerprint density at radius 2 is 1.92 bits per heavy atom. The first kappa shape index (κ1) is 17.2. The van der Waals surface area contributed by atoms with Crippen molar-refractivity contribution in [1.82, 2.24) is 0 Å². The molecular formula is C14H14F3N5O2. The standard InChI is InChI=1S/C14H14F3N5O2/c15-14(16,17)8-3-4-11(24-7-9-2-1-5-23-9)10(6-8)21-13(20)22-12(18)19/h1-6H,7H2,(H6,18,19,20,21,22). The van der Waals surface area contributed by atoms with Crippen molar-refractivity contribution in [2.45, 2.75) is 12.8 Å². The molecule has 1 aromatic heterocycles. The summed E-state index contributed by atoms with van der Waals surface area (Å²) in [5.74, 6) is -0.228. The second kappa shape index (κ2) is 6.94. The van der Waals surface area contributed by atoms with Gasteiger partial charge in [0.05, 0.1) is 11.8 Å². The van der Waals surface area contributed by atoms with Crippen LogP contribution in [0.2, 0.25) is 0 Å². The molecule has 7 nitrogen and oxygen atoms in total. The summed E-state index contributed by atoms with van der Waals surface area (Å²) in [7, 11) is 0. The zero-order chi connectivity index (χ0) is 17.7. The Labute approximate surface area is 134 Å². The number of nitrogens with zero attached hydrogens (tertiary/aromatic N) is 2. The van der Waals surface area contributed by atoms with E-state index in [1.807, 2.05) is 0 Å². The molecule has 0 amide bonds. The molecule has 0 saturated carbocycles. The second-order valence-electron chi connectivity index (χ2n) is 4.55. The fraction of sp³-hybridized carbons (Fsp3) is 0.143. The van der Waals surface area contributed by atoms with Crippen LogP contribution in [0.3, 0.4) is 0 Å². The molecule has 0 bridgehead atoms. The quantitative estimate of drug-likeness (QED) is 0.580. The summed E-state index contributed by atoms with van der Waals surface area (Å²) < 4.78 is 49.1. The van der Waals surface area contributed by atoms with Gasteiger partial charge in [-0.05, 0) is 30.3 Å². The molecule has 2 aromatic rings. The lowest BCUT2D eigenvalue weighted by atomic mass is 10.2. The SMILES string of the molecule is NC(N)=NC(N)=Nc1cc(C(F)(F)F)ccc1OCc1ccco1. The van der Waals surface area contributed by atoms with Gasteiger partial charge in [0, 0.05) is 0 Å². The van der Waals surface area contributed by atoms with Gasteiger partial charge < -0.3 is 26.4 Å². The molecule has 0 aliphatic carbocycles. The number of halogens is 3. The molecule has 2 rings (SSSR count). The number of nitrogens with two attached hydrogens (primary N) is 3. The van der Waals surface area contributed by atoms with Crippen molar-refractivity contribution in [3.63, 3.8) is 0 Å². The Morgan fingerprint density at radius 1 is 1.17 bits per heavy atom. The van der Waals surface area contributed by atoms with Crippen LogP contribution in [0, 0.1) is 0 Å². The van der Waals surface area contributed by atoms with Crippen LogP contribution in [-0.4, -0.2) is 11.9 Å². The maximum atomic E-state index is 12.9. The maximum Gasteiger partial charge on any atom is 0.416 e. The minimum atomic E-state index is -4.55. The first-order valence-electron chi connectivity index (χ1n) is 6.56. The van der Waals surface area contributed by atoms with Crippen LogP contribution in [0.25, 0.3) is 0 Å². The highest BCUT2D eigenvalue weighted by Crippen LogP contribution is 2.36. The van der Waals surface area contributed by atoms with Crippen LogP contribution < -0.4 is 21.9 Å². The van der Waals surface area contributed by atoms with Crippen molar-refractivity contribution < 1.29 is 22.3 Å². The monoisotopic (exact) mass is 341 g/mol. The van der Waals surface area contributed by atoms with Crippen molar-refractivity contribution in [2.24, 2.45) is 27.2 Å². The van der Waals surface area contributed by atoms with Gasteiger partial charge in [0.2, 0.25) is 5.96 Å². The molecule has 0 radical (unpaired) electrons. The molecule has 6 N–H and O–H groups in total. The van der Waals surface area contributed by atoms with Crippen LogP contribution in [-0.2, 0) is 12.8 Å². The van der Waals surface area contributed by atoms with E-state index in [1.54, 1.807) is 12.1 Å². The van der Waals surface area contributed by atoms with Gasteiger partial charge in [-0.15, -0.1) is 0 Å². The largest absolute Gasteiger partial charge is 0.483 e. The fourth-order valence-corrected chi connectivity index (χ4v) is 1.73. The number of furan rings is 1. The molecule has 0 spiro atoms. The number of alkyl halides is 3. The molecule has 0 unspecified atom stereocenters. The smallest absolute Gasteiger partial charge is 0.416 e. The third-order valence-corrected chi connectivity index (χ3v) is 2.71. The van der Waals surface area contributed by atoms with Gasteiger partial charge >= 0.3 is 6.18 Å². The van der Waals surface area contributed by atoms with E-state index in [0.29, 0.717) is 5.76 Å². The highest BCUT2D eigenvalue weighted by Gasteiger charge is 2.31. The van der Waals surface area contributed by atoms with E-state index < -0.39 is 17.7 Å². The summed E-state index contributed by atoms with van der Waals surface area (Å²) in [5, 5.41) is 0. The lowest BCUT2D eigenvalue weighted by Crippen LogP contribution is -2.26. The summed E-state index contributed by atoms with van der Waals surface area (Å²) >= 11 is 0. The van der Waals surface area contributed by atoms with Crippen molar-refractivity contribution in [2.75, 3.05) is 0 Å². The number of hydrogen-bond acceptors (Lipinski definition) is 3. The molecule has 0 saturated heterocycles. The zero-order valence-corrected chi connectivity index (χ0v) is 12.2. The van der Waals surface area contributed by atoms with Crippen LogP contribution in [0.15, 0.2) is 51.0 Å². The van der Waals surface area contributed by atoms with Crippen LogP contribution in [0.5, 0.6) is 5.75 Å². The van der Waals surface area contributed by atoms with E-state index in [1.165, 1.54) is 6.26 Å². The van der Waals surface area contributed by atoms with Crippen LogP contribution in [0.4, 0.5) is 18.9 Å². The molecule has 24 heavy (non-hydrogen) atoms.